The summed E-state index contributed by atoms with van der Waals surface area (Å²) in [5.74, 6) is 1.05. The van der Waals surface area contributed by atoms with Crippen LogP contribution in [-0.2, 0) is 6.61 Å². The van der Waals surface area contributed by atoms with Crippen LogP contribution in [0.3, 0.4) is 0 Å². The van der Waals surface area contributed by atoms with Crippen LogP contribution in [0, 0.1) is 0 Å². The zero-order chi connectivity index (χ0) is 19.1. The van der Waals surface area contributed by atoms with Crippen molar-refractivity contribution >= 4 is 11.6 Å². The third kappa shape index (κ3) is 5.35. The summed E-state index contributed by atoms with van der Waals surface area (Å²) < 4.78 is 11.6. The molecule has 0 fully saturated rings. The van der Waals surface area contributed by atoms with Crippen LogP contribution in [-0.4, -0.2) is 12.0 Å². The molecule has 138 valence electrons. The van der Waals surface area contributed by atoms with Crippen LogP contribution in [0.25, 0.3) is 0 Å². The number of para-hydroxylation sites is 1. The maximum absolute atomic E-state index is 12.7. The molecule has 4 nitrogen and oxygen atoms in total. The number of carbonyl (C=O) groups is 1. The van der Waals surface area contributed by atoms with Gasteiger partial charge in [-0.25, -0.2) is 0 Å². The zero-order valence-electron chi connectivity index (χ0n) is 15.5. The van der Waals surface area contributed by atoms with Gasteiger partial charge in [-0.15, -0.1) is 0 Å². The molecule has 27 heavy (non-hydrogen) atoms. The fourth-order valence-corrected chi connectivity index (χ4v) is 2.61. The second kappa shape index (κ2) is 8.90. The largest absolute Gasteiger partial charge is 0.490 e. The van der Waals surface area contributed by atoms with Gasteiger partial charge in [0.2, 0.25) is 0 Å². The minimum absolute atomic E-state index is 0.00587. The molecule has 0 aliphatic carbocycles. The molecule has 0 aliphatic rings. The average Bonchev–Trinajstić information content (AvgIpc) is 2.67. The van der Waals surface area contributed by atoms with Crippen LogP contribution in [0.1, 0.15) is 29.8 Å². The number of rotatable bonds is 7. The van der Waals surface area contributed by atoms with Gasteiger partial charge in [0.25, 0.3) is 5.91 Å². The van der Waals surface area contributed by atoms with Crippen LogP contribution in [0.15, 0.2) is 78.9 Å². The lowest BCUT2D eigenvalue weighted by Gasteiger charge is -2.14. The predicted octanol–water partition coefficient (Wildman–Crippen LogP) is 5.31. The number of benzene rings is 3. The Morgan fingerprint density at radius 3 is 2.44 bits per heavy atom. The lowest BCUT2D eigenvalue weighted by atomic mass is 10.1. The van der Waals surface area contributed by atoms with E-state index in [1.807, 2.05) is 80.6 Å². The fraction of sp³-hybridized carbons (Fsp3) is 0.174. The van der Waals surface area contributed by atoms with Crippen LogP contribution < -0.4 is 14.8 Å². The quantitative estimate of drug-likeness (QED) is 0.621. The Labute approximate surface area is 159 Å². The highest BCUT2D eigenvalue weighted by atomic mass is 16.5. The third-order valence-corrected chi connectivity index (χ3v) is 3.83. The number of hydrogen-bond donors (Lipinski definition) is 1. The van der Waals surface area contributed by atoms with Gasteiger partial charge < -0.3 is 14.8 Å². The molecule has 3 aromatic carbocycles. The highest BCUT2D eigenvalue weighted by Gasteiger charge is 2.13. The number of carbonyl (C=O) groups excluding carboxylic acids is 1. The number of hydrogen-bond acceptors (Lipinski definition) is 3. The number of ether oxygens (including phenoxy) is 2. The molecule has 0 bridgehead atoms. The van der Waals surface area contributed by atoms with E-state index < -0.39 is 0 Å². The molecule has 0 aromatic heterocycles. The molecule has 3 aromatic rings. The SMILES string of the molecule is CC(C)Oc1ccccc1C(=O)Nc1cccc(OCc2ccccc2)c1. The summed E-state index contributed by atoms with van der Waals surface area (Å²) in [6.07, 6.45) is -0.00587. The topological polar surface area (TPSA) is 47.6 Å². The van der Waals surface area contributed by atoms with E-state index in [4.69, 9.17) is 9.47 Å². The molecule has 0 saturated heterocycles. The molecule has 0 atom stereocenters. The van der Waals surface area contributed by atoms with Crippen molar-refractivity contribution in [2.45, 2.75) is 26.6 Å². The second-order valence-corrected chi connectivity index (χ2v) is 6.42. The Kier molecular flexibility index (Phi) is 6.10. The van der Waals surface area contributed by atoms with Crippen molar-refractivity contribution in [2.75, 3.05) is 5.32 Å². The Bertz CT molecular complexity index is 891. The predicted molar refractivity (Wildman–Crippen MR) is 107 cm³/mol. The van der Waals surface area contributed by atoms with Gasteiger partial charge in [-0.2, -0.15) is 0 Å². The van der Waals surface area contributed by atoms with Crippen molar-refractivity contribution in [3.8, 4) is 11.5 Å². The Morgan fingerprint density at radius 2 is 1.67 bits per heavy atom. The van der Waals surface area contributed by atoms with Crippen molar-refractivity contribution in [3.05, 3.63) is 90.0 Å². The van der Waals surface area contributed by atoms with Gasteiger partial charge in [0.05, 0.1) is 11.7 Å². The van der Waals surface area contributed by atoms with E-state index in [9.17, 15) is 4.79 Å². The molecular weight excluding hydrogens is 338 g/mol. The maximum atomic E-state index is 12.7. The minimum atomic E-state index is -0.216. The van der Waals surface area contributed by atoms with Crippen molar-refractivity contribution in [3.63, 3.8) is 0 Å². The zero-order valence-corrected chi connectivity index (χ0v) is 15.5. The number of amides is 1. The first-order valence-corrected chi connectivity index (χ1v) is 8.95. The van der Waals surface area contributed by atoms with E-state index in [0.717, 1.165) is 5.56 Å². The summed E-state index contributed by atoms with van der Waals surface area (Å²) in [5.41, 5.74) is 2.26. The lowest BCUT2D eigenvalue weighted by molar-refractivity contribution is 0.102. The molecule has 0 unspecified atom stereocenters. The first kappa shape index (κ1) is 18.5. The van der Waals surface area contributed by atoms with Gasteiger partial charge in [0.1, 0.15) is 18.1 Å². The van der Waals surface area contributed by atoms with E-state index >= 15 is 0 Å². The van der Waals surface area contributed by atoms with Crippen LogP contribution in [0.4, 0.5) is 5.69 Å². The highest BCUT2D eigenvalue weighted by molar-refractivity contribution is 6.06. The first-order chi connectivity index (χ1) is 13.1. The third-order valence-electron chi connectivity index (χ3n) is 3.83. The van der Waals surface area contributed by atoms with Crippen molar-refractivity contribution < 1.29 is 14.3 Å². The monoisotopic (exact) mass is 361 g/mol. The second-order valence-electron chi connectivity index (χ2n) is 6.42. The average molecular weight is 361 g/mol. The maximum Gasteiger partial charge on any atom is 0.259 e. The summed E-state index contributed by atoms with van der Waals surface area (Å²) in [5, 5.41) is 2.91. The highest BCUT2D eigenvalue weighted by Crippen LogP contribution is 2.23. The Hall–Kier alpha value is -3.27. The number of anilines is 1. The molecule has 0 aliphatic heterocycles. The molecular formula is C23H23NO3. The van der Waals surface area contributed by atoms with Crippen LogP contribution in [0.2, 0.25) is 0 Å². The van der Waals surface area contributed by atoms with E-state index in [-0.39, 0.29) is 12.0 Å². The molecule has 1 amide bonds. The first-order valence-electron chi connectivity index (χ1n) is 8.95. The molecule has 4 heteroatoms. The number of nitrogens with one attached hydrogen (secondary N) is 1. The van der Waals surface area contributed by atoms with Crippen molar-refractivity contribution in [1.82, 2.24) is 0 Å². The minimum Gasteiger partial charge on any atom is -0.490 e. The van der Waals surface area contributed by atoms with Crippen LogP contribution in [0.5, 0.6) is 11.5 Å². The van der Waals surface area contributed by atoms with E-state index in [2.05, 4.69) is 5.32 Å². The van der Waals surface area contributed by atoms with Gasteiger partial charge >= 0.3 is 0 Å². The molecule has 3 rings (SSSR count). The summed E-state index contributed by atoms with van der Waals surface area (Å²) in [4.78, 5) is 12.7. The normalized spacial score (nSPS) is 10.5. The summed E-state index contributed by atoms with van der Waals surface area (Å²) in [6.45, 7) is 4.34. The standard InChI is InChI=1S/C23H23NO3/c1-17(2)27-22-14-7-6-13-21(22)23(25)24-19-11-8-12-20(15-19)26-16-18-9-4-3-5-10-18/h3-15,17H,16H2,1-2H3,(H,24,25). The van der Waals surface area contributed by atoms with Crippen molar-refractivity contribution in [2.24, 2.45) is 0 Å². The van der Waals surface area contributed by atoms with E-state index in [1.54, 1.807) is 12.1 Å². The van der Waals surface area contributed by atoms with Gasteiger partial charge in [-0.1, -0.05) is 48.5 Å². The molecule has 0 heterocycles. The summed E-state index contributed by atoms with van der Waals surface area (Å²) >= 11 is 0. The van der Waals surface area contributed by atoms with Crippen molar-refractivity contribution in [1.29, 1.82) is 0 Å². The summed E-state index contributed by atoms with van der Waals surface area (Å²) in [7, 11) is 0. The van der Waals surface area contributed by atoms with Gasteiger partial charge in [0, 0.05) is 11.8 Å². The Morgan fingerprint density at radius 1 is 0.926 bits per heavy atom. The Balaban J connectivity index is 1.68. The van der Waals surface area contributed by atoms with Gasteiger partial charge in [0.15, 0.2) is 0 Å². The van der Waals surface area contributed by atoms with Crippen LogP contribution >= 0.6 is 0 Å². The molecule has 0 saturated carbocycles. The molecule has 1 N–H and O–H groups in total. The summed E-state index contributed by atoms with van der Waals surface area (Å²) in [6, 6.07) is 24.5. The van der Waals surface area contributed by atoms with E-state index in [0.29, 0.717) is 29.4 Å². The fourth-order valence-electron chi connectivity index (χ4n) is 2.61. The molecule has 0 radical (unpaired) electrons. The van der Waals surface area contributed by atoms with Gasteiger partial charge in [-0.05, 0) is 43.7 Å². The van der Waals surface area contributed by atoms with E-state index in [1.165, 1.54) is 0 Å². The smallest absolute Gasteiger partial charge is 0.259 e. The van der Waals surface area contributed by atoms with Gasteiger partial charge in [-0.3, -0.25) is 4.79 Å². The lowest BCUT2D eigenvalue weighted by Crippen LogP contribution is -2.15. The molecule has 0 spiro atoms.